The van der Waals surface area contributed by atoms with Crippen molar-refractivity contribution in [3.8, 4) is 11.5 Å². The van der Waals surface area contributed by atoms with E-state index in [4.69, 9.17) is 9.47 Å². The van der Waals surface area contributed by atoms with Crippen molar-refractivity contribution >= 4 is 34.5 Å². The molecule has 6 nitrogen and oxygen atoms in total. The van der Waals surface area contributed by atoms with Gasteiger partial charge in [0.2, 0.25) is 5.91 Å². The predicted molar refractivity (Wildman–Crippen MR) is 131 cm³/mol. The molecule has 1 aromatic carbocycles. The van der Waals surface area contributed by atoms with E-state index >= 15 is 0 Å². The molecule has 0 spiro atoms. The number of carbonyl (C=O) groups excluding carboxylic acids is 2. The number of fused-ring (bicyclic) bond motifs is 1. The molecule has 0 saturated heterocycles. The zero-order valence-electron chi connectivity index (χ0n) is 18.9. The van der Waals surface area contributed by atoms with Gasteiger partial charge in [-0.3, -0.25) is 9.59 Å². The van der Waals surface area contributed by atoms with Crippen LogP contribution in [0.15, 0.2) is 53.2 Å². The van der Waals surface area contributed by atoms with E-state index < -0.39 is 0 Å². The van der Waals surface area contributed by atoms with E-state index in [1.165, 1.54) is 16.2 Å². The number of benzene rings is 1. The lowest BCUT2D eigenvalue weighted by atomic mass is 10.0. The van der Waals surface area contributed by atoms with Crippen LogP contribution < -0.4 is 9.47 Å². The number of methoxy groups -OCH3 is 1. The van der Waals surface area contributed by atoms with Gasteiger partial charge in [0.15, 0.2) is 11.5 Å². The number of amides is 2. The highest BCUT2D eigenvalue weighted by atomic mass is 32.1. The first kappa shape index (κ1) is 23.3. The molecule has 1 aliphatic rings. The van der Waals surface area contributed by atoms with Crippen molar-refractivity contribution < 1.29 is 19.1 Å². The minimum absolute atomic E-state index is 0.0566. The first-order valence-corrected chi connectivity index (χ1v) is 12.8. The third kappa shape index (κ3) is 5.23. The maximum Gasteiger partial charge on any atom is 0.264 e. The molecule has 2 amide bonds. The normalized spacial score (nSPS) is 15.1. The molecule has 3 heterocycles. The first-order chi connectivity index (χ1) is 16.1. The van der Waals surface area contributed by atoms with Crippen molar-refractivity contribution in [2.24, 2.45) is 0 Å². The number of rotatable bonds is 9. The minimum Gasteiger partial charge on any atom is -0.493 e. The summed E-state index contributed by atoms with van der Waals surface area (Å²) in [4.78, 5) is 31.9. The van der Waals surface area contributed by atoms with E-state index in [0.29, 0.717) is 36.1 Å². The van der Waals surface area contributed by atoms with Crippen molar-refractivity contribution in [1.29, 1.82) is 0 Å². The molecular formula is C25H28N2O4S2. The molecule has 0 N–H and O–H groups in total. The van der Waals surface area contributed by atoms with Gasteiger partial charge in [-0.1, -0.05) is 25.1 Å². The lowest BCUT2D eigenvalue weighted by Crippen LogP contribution is -2.48. The molecule has 0 saturated carbocycles. The molecule has 0 bridgehead atoms. The number of thiophene rings is 2. The SMILES string of the molecule is CCCN(CC(=O)N1CCc2sccc2[C@H]1COc1ccccc1OC)C(=O)c1cccs1. The highest BCUT2D eigenvalue weighted by Gasteiger charge is 2.33. The van der Waals surface area contributed by atoms with Gasteiger partial charge in [-0.2, -0.15) is 0 Å². The summed E-state index contributed by atoms with van der Waals surface area (Å²) in [7, 11) is 1.61. The van der Waals surface area contributed by atoms with E-state index in [9.17, 15) is 9.59 Å². The van der Waals surface area contributed by atoms with Crippen molar-refractivity contribution in [3.05, 3.63) is 68.5 Å². The summed E-state index contributed by atoms with van der Waals surface area (Å²) in [5, 5.41) is 3.95. The van der Waals surface area contributed by atoms with E-state index in [-0.39, 0.29) is 24.4 Å². The molecule has 0 aliphatic carbocycles. The molecule has 1 aliphatic heterocycles. The van der Waals surface area contributed by atoms with Crippen LogP contribution >= 0.6 is 22.7 Å². The number of hydrogen-bond donors (Lipinski definition) is 0. The van der Waals surface area contributed by atoms with E-state index in [0.717, 1.165) is 18.4 Å². The third-order valence-electron chi connectivity index (χ3n) is 5.72. The van der Waals surface area contributed by atoms with E-state index in [1.54, 1.807) is 23.3 Å². The second-order valence-corrected chi connectivity index (χ2v) is 9.77. The summed E-state index contributed by atoms with van der Waals surface area (Å²) in [6.45, 7) is 3.56. The Labute approximate surface area is 202 Å². The van der Waals surface area contributed by atoms with Gasteiger partial charge in [-0.15, -0.1) is 22.7 Å². The number of para-hydroxylation sites is 2. The number of hydrogen-bond acceptors (Lipinski definition) is 6. The number of ether oxygens (including phenoxy) is 2. The molecule has 0 radical (unpaired) electrons. The van der Waals surface area contributed by atoms with Gasteiger partial charge >= 0.3 is 0 Å². The molecule has 4 rings (SSSR count). The van der Waals surface area contributed by atoms with E-state index in [2.05, 4.69) is 11.4 Å². The summed E-state index contributed by atoms with van der Waals surface area (Å²) in [5.41, 5.74) is 1.13. The fourth-order valence-corrected chi connectivity index (χ4v) is 5.73. The third-order valence-corrected chi connectivity index (χ3v) is 7.57. The lowest BCUT2D eigenvalue weighted by Gasteiger charge is -2.37. The Balaban J connectivity index is 1.52. The molecule has 2 aromatic heterocycles. The first-order valence-electron chi connectivity index (χ1n) is 11.1. The predicted octanol–water partition coefficient (Wildman–Crippen LogP) is 4.88. The highest BCUT2D eigenvalue weighted by molar-refractivity contribution is 7.12. The zero-order chi connectivity index (χ0) is 23.2. The van der Waals surface area contributed by atoms with Gasteiger partial charge in [-0.05, 0) is 53.4 Å². The quantitative estimate of drug-likeness (QED) is 0.435. The Morgan fingerprint density at radius 3 is 2.64 bits per heavy atom. The number of carbonyl (C=O) groups is 2. The summed E-state index contributed by atoms with van der Waals surface area (Å²) in [6.07, 6.45) is 1.61. The maximum atomic E-state index is 13.5. The van der Waals surface area contributed by atoms with Gasteiger partial charge in [0.25, 0.3) is 5.91 Å². The van der Waals surface area contributed by atoms with Crippen molar-refractivity contribution in [2.45, 2.75) is 25.8 Å². The molecule has 174 valence electrons. The van der Waals surface area contributed by atoms with Gasteiger partial charge in [0.05, 0.1) is 18.0 Å². The van der Waals surface area contributed by atoms with Crippen molar-refractivity contribution in [3.63, 3.8) is 0 Å². The Morgan fingerprint density at radius 1 is 1.09 bits per heavy atom. The molecule has 0 fully saturated rings. The standard InChI is InChI=1S/C25H28N2O4S2/c1-3-12-26(25(29)23-9-6-14-32-23)16-24(28)27-13-10-22-18(11-15-33-22)19(27)17-31-21-8-5-4-7-20(21)30-2/h4-9,11,14-15,19H,3,10,12-13,16-17H2,1-2H3/t19-/m1/s1. The van der Waals surface area contributed by atoms with Crippen LogP contribution in [0.4, 0.5) is 0 Å². The minimum atomic E-state index is -0.210. The van der Waals surface area contributed by atoms with Gasteiger partial charge in [0, 0.05) is 18.0 Å². The topological polar surface area (TPSA) is 59.1 Å². The smallest absolute Gasteiger partial charge is 0.264 e. The zero-order valence-corrected chi connectivity index (χ0v) is 20.5. The largest absolute Gasteiger partial charge is 0.493 e. The Hall–Kier alpha value is -2.84. The molecule has 0 unspecified atom stereocenters. The molecule has 33 heavy (non-hydrogen) atoms. The van der Waals surface area contributed by atoms with Crippen molar-refractivity contribution in [2.75, 3.05) is 33.4 Å². The molecular weight excluding hydrogens is 456 g/mol. The van der Waals surface area contributed by atoms with Crippen LogP contribution in [0.5, 0.6) is 11.5 Å². The van der Waals surface area contributed by atoms with Crippen LogP contribution in [-0.2, 0) is 11.2 Å². The lowest BCUT2D eigenvalue weighted by molar-refractivity contribution is -0.135. The molecule has 3 aromatic rings. The van der Waals surface area contributed by atoms with Crippen LogP contribution in [0.1, 0.15) is 39.5 Å². The Bertz CT molecular complexity index is 1080. The summed E-state index contributed by atoms with van der Waals surface area (Å²) < 4.78 is 11.5. The van der Waals surface area contributed by atoms with E-state index in [1.807, 2.05) is 53.6 Å². The summed E-state index contributed by atoms with van der Waals surface area (Å²) in [6, 6.07) is 13.1. The van der Waals surface area contributed by atoms with Crippen LogP contribution in [0.25, 0.3) is 0 Å². The molecule has 1 atom stereocenters. The number of nitrogens with zero attached hydrogens (tertiary/aromatic N) is 2. The molecule has 8 heteroatoms. The average molecular weight is 485 g/mol. The average Bonchev–Trinajstić information content (AvgIpc) is 3.54. The monoisotopic (exact) mass is 484 g/mol. The Morgan fingerprint density at radius 2 is 1.91 bits per heavy atom. The van der Waals surface area contributed by atoms with Gasteiger partial charge in [-0.25, -0.2) is 0 Å². The highest BCUT2D eigenvalue weighted by Crippen LogP contribution is 2.35. The second-order valence-electron chi connectivity index (χ2n) is 7.82. The fraction of sp³-hybridized carbons (Fsp3) is 0.360. The van der Waals surface area contributed by atoms with Crippen molar-refractivity contribution in [1.82, 2.24) is 9.80 Å². The second kappa shape index (κ2) is 10.9. The van der Waals surface area contributed by atoms with Crippen LogP contribution in [0.3, 0.4) is 0 Å². The van der Waals surface area contributed by atoms with Gasteiger partial charge in [0.1, 0.15) is 13.2 Å². The Kier molecular flexibility index (Phi) is 7.67. The van der Waals surface area contributed by atoms with Gasteiger partial charge < -0.3 is 19.3 Å². The summed E-state index contributed by atoms with van der Waals surface area (Å²) in [5.74, 6) is 1.16. The van der Waals surface area contributed by atoms with Crippen LogP contribution in [-0.4, -0.2) is 55.0 Å². The maximum absolute atomic E-state index is 13.5. The summed E-state index contributed by atoms with van der Waals surface area (Å²) >= 11 is 3.12. The fourth-order valence-electron chi connectivity index (χ4n) is 4.11. The van der Waals surface area contributed by atoms with Crippen LogP contribution in [0.2, 0.25) is 0 Å². The van der Waals surface area contributed by atoms with Crippen LogP contribution in [0, 0.1) is 0 Å².